The predicted molar refractivity (Wildman–Crippen MR) is 139 cm³/mol. The summed E-state index contributed by atoms with van der Waals surface area (Å²) in [5.74, 6) is 0.495. The average molecular weight is 489 g/mol. The number of nitrogens with zero attached hydrogens (tertiary/aromatic N) is 2. The SMILES string of the molecule is CCCCCOc1ccc(/C=C/C(=O)Oc2ccc(/C=N/c3nc4ccc(F)cc4s3)cc2)cc1. The average Bonchev–Trinajstić information content (AvgIpc) is 3.28. The Bertz CT molecular complexity index is 1330. The van der Waals surface area contributed by atoms with E-state index in [1.807, 2.05) is 24.3 Å². The highest BCUT2D eigenvalue weighted by atomic mass is 32.1. The number of rotatable bonds is 10. The van der Waals surface area contributed by atoms with E-state index in [0.717, 1.165) is 40.8 Å². The van der Waals surface area contributed by atoms with Gasteiger partial charge >= 0.3 is 5.97 Å². The zero-order valence-corrected chi connectivity index (χ0v) is 20.1. The molecule has 5 nitrogen and oxygen atoms in total. The number of unbranched alkanes of at least 4 members (excludes halogenated alkanes) is 2. The molecule has 0 aliphatic carbocycles. The molecule has 0 atom stereocenters. The summed E-state index contributed by atoms with van der Waals surface area (Å²) in [5.41, 5.74) is 2.42. The summed E-state index contributed by atoms with van der Waals surface area (Å²) in [7, 11) is 0. The highest BCUT2D eigenvalue weighted by Gasteiger charge is 2.04. The lowest BCUT2D eigenvalue weighted by Gasteiger charge is -2.05. The summed E-state index contributed by atoms with van der Waals surface area (Å²) in [4.78, 5) is 20.9. The van der Waals surface area contributed by atoms with Crippen molar-refractivity contribution in [1.29, 1.82) is 0 Å². The van der Waals surface area contributed by atoms with Crippen molar-refractivity contribution in [3.8, 4) is 11.5 Å². The number of hydrogen-bond acceptors (Lipinski definition) is 6. The highest BCUT2D eigenvalue weighted by molar-refractivity contribution is 7.22. The monoisotopic (exact) mass is 488 g/mol. The standard InChI is InChI=1S/C28H25FN2O3S/c1-2-3-4-17-33-23-11-5-20(6-12-23)9-16-27(32)34-24-13-7-21(8-14-24)19-30-28-31-25-15-10-22(29)18-26(25)35-28/h5-16,18-19H,2-4,17H2,1H3/b16-9+,30-19+. The molecule has 0 amide bonds. The van der Waals surface area contributed by atoms with Crippen LogP contribution in [0.1, 0.15) is 37.3 Å². The maximum Gasteiger partial charge on any atom is 0.336 e. The Morgan fingerprint density at radius 1 is 1.00 bits per heavy atom. The van der Waals surface area contributed by atoms with Crippen LogP contribution < -0.4 is 9.47 Å². The Morgan fingerprint density at radius 3 is 2.51 bits per heavy atom. The summed E-state index contributed by atoms with van der Waals surface area (Å²) in [5, 5.41) is 0.544. The van der Waals surface area contributed by atoms with Gasteiger partial charge in [-0.25, -0.2) is 19.2 Å². The molecule has 7 heteroatoms. The molecule has 4 rings (SSSR count). The third-order valence-corrected chi connectivity index (χ3v) is 6.00. The molecule has 1 heterocycles. The Hall–Kier alpha value is -3.84. The first-order valence-corrected chi connectivity index (χ1v) is 12.2. The fourth-order valence-corrected chi connectivity index (χ4v) is 4.06. The van der Waals surface area contributed by atoms with Gasteiger partial charge in [0.1, 0.15) is 17.3 Å². The number of halogens is 1. The molecule has 0 bridgehead atoms. The van der Waals surface area contributed by atoms with Gasteiger partial charge in [-0.1, -0.05) is 43.2 Å². The zero-order valence-electron chi connectivity index (χ0n) is 19.3. The number of carbonyl (C=O) groups excluding carboxylic acids is 1. The van der Waals surface area contributed by atoms with Crippen LogP contribution in [0.25, 0.3) is 16.3 Å². The van der Waals surface area contributed by atoms with Crippen molar-refractivity contribution in [2.24, 2.45) is 4.99 Å². The van der Waals surface area contributed by atoms with Gasteiger partial charge in [0.25, 0.3) is 0 Å². The highest BCUT2D eigenvalue weighted by Crippen LogP contribution is 2.28. The molecular formula is C28H25FN2O3S. The quantitative estimate of drug-likeness (QED) is 0.0768. The fourth-order valence-electron chi connectivity index (χ4n) is 3.22. The van der Waals surface area contributed by atoms with Crippen molar-refractivity contribution in [2.45, 2.75) is 26.2 Å². The van der Waals surface area contributed by atoms with Crippen LogP contribution in [0.5, 0.6) is 11.5 Å². The predicted octanol–water partition coefficient (Wildman–Crippen LogP) is 7.37. The zero-order chi connectivity index (χ0) is 24.5. The lowest BCUT2D eigenvalue weighted by atomic mass is 10.2. The van der Waals surface area contributed by atoms with E-state index >= 15 is 0 Å². The largest absolute Gasteiger partial charge is 0.494 e. The van der Waals surface area contributed by atoms with Gasteiger partial charge in [-0.3, -0.25) is 0 Å². The van der Waals surface area contributed by atoms with Crippen LogP contribution in [-0.4, -0.2) is 23.8 Å². The van der Waals surface area contributed by atoms with Crippen LogP contribution in [0, 0.1) is 5.82 Å². The molecule has 35 heavy (non-hydrogen) atoms. The molecule has 0 unspecified atom stereocenters. The number of aliphatic imine (C=N–C) groups is 1. The first-order valence-electron chi connectivity index (χ1n) is 11.4. The lowest BCUT2D eigenvalue weighted by molar-refractivity contribution is -0.128. The van der Waals surface area contributed by atoms with Gasteiger partial charge in [-0.2, -0.15) is 0 Å². The molecule has 0 aliphatic rings. The van der Waals surface area contributed by atoms with E-state index in [1.54, 1.807) is 42.6 Å². The molecule has 0 radical (unpaired) electrons. The molecule has 0 saturated carbocycles. The van der Waals surface area contributed by atoms with Crippen LogP contribution in [0.15, 0.2) is 77.8 Å². The Balaban J connectivity index is 1.28. The Morgan fingerprint density at radius 2 is 1.74 bits per heavy atom. The molecular weight excluding hydrogens is 463 g/mol. The molecule has 0 fully saturated rings. The molecule has 4 aromatic rings. The minimum Gasteiger partial charge on any atom is -0.494 e. The Kier molecular flexibility index (Phi) is 8.35. The van der Waals surface area contributed by atoms with Gasteiger partial charge in [0.15, 0.2) is 0 Å². The fraction of sp³-hybridized carbons (Fsp3) is 0.179. The molecule has 0 aliphatic heterocycles. The van der Waals surface area contributed by atoms with E-state index in [-0.39, 0.29) is 5.82 Å². The number of esters is 1. The van der Waals surface area contributed by atoms with Gasteiger partial charge in [0, 0.05) is 12.3 Å². The number of thiazole rings is 1. The number of aromatic nitrogens is 1. The van der Waals surface area contributed by atoms with E-state index < -0.39 is 5.97 Å². The number of ether oxygens (including phenoxy) is 2. The number of benzene rings is 3. The molecule has 0 spiro atoms. The number of hydrogen-bond donors (Lipinski definition) is 0. The summed E-state index contributed by atoms with van der Waals surface area (Å²) >= 11 is 1.32. The second-order valence-electron chi connectivity index (χ2n) is 7.81. The van der Waals surface area contributed by atoms with Crippen LogP contribution in [0.4, 0.5) is 9.52 Å². The van der Waals surface area contributed by atoms with Gasteiger partial charge in [0.2, 0.25) is 5.13 Å². The molecule has 0 saturated heterocycles. The van der Waals surface area contributed by atoms with E-state index in [1.165, 1.54) is 29.5 Å². The molecule has 1 aromatic heterocycles. The van der Waals surface area contributed by atoms with Crippen molar-refractivity contribution in [3.63, 3.8) is 0 Å². The minimum absolute atomic E-state index is 0.294. The summed E-state index contributed by atoms with van der Waals surface area (Å²) in [6, 6.07) is 19.0. The third-order valence-electron chi connectivity index (χ3n) is 5.07. The van der Waals surface area contributed by atoms with Gasteiger partial charge < -0.3 is 9.47 Å². The van der Waals surface area contributed by atoms with Crippen molar-refractivity contribution >= 4 is 44.9 Å². The maximum absolute atomic E-state index is 13.3. The van der Waals surface area contributed by atoms with E-state index in [2.05, 4.69) is 16.9 Å². The summed E-state index contributed by atoms with van der Waals surface area (Å²) in [6.07, 6.45) is 8.12. The van der Waals surface area contributed by atoms with Crippen molar-refractivity contribution in [1.82, 2.24) is 4.98 Å². The van der Waals surface area contributed by atoms with E-state index in [4.69, 9.17) is 9.47 Å². The van der Waals surface area contributed by atoms with Crippen molar-refractivity contribution in [2.75, 3.05) is 6.61 Å². The van der Waals surface area contributed by atoms with E-state index in [0.29, 0.717) is 23.0 Å². The van der Waals surface area contributed by atoms with Gasteiger partial charge in [-0.15, -0.1) is 0 Å². The topological polar surface area (TPSA) is 60.8 Å². The van der Waals surface area contributed by atoms with Crippen LogP contribution in [0.2, 0.25) is 0 Å². The number of fused-ring (bicyclic) bond motifs is 1. The third kappa shape index (κ3) is 7.32. The second kappa shape index (κ2) is 12.0. The minimum atomic E-state index is -0.465. The van der Waals surface area contributed by atoms with Crippen LogP contribution in [-0.2, 0) is 4.79 Å². The first kappa shape index (κ1) is 24.3. The molecule has 178 valence electrons. The summed E-state index contributed by atoms with van der Waals surface area (Å²) < 4.78 is 25.1. The normalized spacial score (nSPS) is 11.5. The van der Waals surface area contributed by atoms with Crippen molar-refractivity contribution < 1.29 is 18.7 Å². The molecule has 0 N–H and O–H groups in total. The van der Waals surface area contributed by atoms with Crippen molar-refractivity contribution in [3.05, 3.63) is 89.8 Å². The summed E-state index contributed by atoms with van der Waals surface area (Å²) in [6.45, 7) is 2.87. The van der Waals surface area contributed by atoms with E-state index in [9.17, 15) is 9.18 Å². The van der Waals surface area contributed by atoms with Gasteiger partial charge in [0.05, 0.1) is 16.8 Å². The maximum atomic E-state index is 13.3. The van der Waals surface area contributed by atoms with Crippen LogP contribution in [0.3, 0.4) is 0 Å². The second-order valence-corrected chi connectivity index (χ2v) is 8.82. The van der Waals surface area contributed by atoms with Gasteiger partial charge in [-0.05, 0) is 78.2 Å². The van der Waals surface area contributed by atoms with Crippen LogP contribution >= 0.6 is 11.3 Å². The smallest absolute Gasteiger partial charge is 0.336 e. The first-order chi connectivity index (χ1) is 17.1. The Labute approximate surface area is 207 Å². The lowest BCUT2D eigenvalue weighted by Crippen LogP contribution is -2.03. The molecule has 3 aromatic carbocycles. The number of carbonyl (C=O) groups is 1.